The first-order valence-corrected chi connectivity index (χ1v) is 9.06. The number of anilines is 1. The first-order chi connectivity index (χ1) is 9.90. The van der Waals surface area contributed by atoms with Gasteiger partial charge in [-0.25, -0.2) is 13.1 Å². The van der Waals surface area contributed by atoms with E-state index in [1.165, 1.54) is 11.0 Å². The third kappa shape index (κ3) is 4.13. The van der Waals surface area contributed by atoms with E-state index in [-0.39, 0.29) is 16.7 Å². The lowest BCUT2D eigenvalue weighted by atomic mass is 10.3. The Balaban J connectivity index is 2.01. The van der Waals surface area contributed by atoms with Gasteiger partial charge in [-0.3, -0.25) is 4.79 Å². The SMILES string of the molecule is CN(C(=O)CNS(=O)(=O)c1ccc(Br)s1)c1ccccc1. The van der Waals surface area contributed by atoms with Gasteiger partial charge in [-0.05, 0) is 40.2 Å². The molecule has 0 saturated carbocycles. The number of rotatable bonds is 5. The van der Waals surface area contributed by atoms with Gasteiger partial charge in [-0.15, -0.1) is 11.3 Å². The minimum Gasteiger partial charge on any atom is -0.314 e. The number of halogens is 1. The van der Waals surface area contributed by atoms with Crippen LogP contribution >= 0.6 is 27.3 Å². The smallest absolute Gasteiger partial charge is 0.250 e. The highest BCUT2D eigenvalue weighted by Gasteiger charge is 2.19. The summed E-state index contributed by atoms with van der Waals surface area (Å²) in [6.07, 6.45) is 0. The minimum atomic E-state index is -3.66. The van der Waals surface area contributed by atoms with Crippen LogP contribution in [-0.4, -0.2) is 27.9 Å². The van der Waals surface area contributed by atoms with E-state index in [9.17, 15) is 13.2 Å². The Morgan fingerprint density at radius 3 is 2.48 bits per heavy atom. The van der Waals surface area contributed by atoms with Gasteiger partial charge in [-0.2, -0.15) is 0 Å². The summed E-state index contributed by atoms with van der Waals surface area (Å²) in [5, 5.41) is 0. The zero-order chi connectivity index (χ0) is 15.5. The molecule has 0 fully saturated rings. The van der Waals surface area contributed by atoms with E-state index in [2.05, 4.69) is 20.7 Å². The number of thiophene rings is 1. The van der Waals surface area contributed by atoms with Crippen molar-refractivity contribution in [1.29, 1.82) is 0 Å². The normalized spacial score (nSPS) is 11.3. The number of hydrogen-bond donors (Lipinski definition) is 1. The number of nitrogens with zero attached hydrogens (tertiary/aromatic N) is 1. The Morgan fingerprint density at radius 2 is 1.90 bits per heavy atom. The molecule has 0 bridgehead atoms. The Bertz CT molecular complexity index is 729. The third-order valence-corrected chi connectivity index (χ3v) is 6.26. The molecule has 1 aromatic heterocycles. The zero-order valence-electron chi connectivity index (χ0n) is 11.1. The highest BCUT2D eigenvalue weighted by atomic mass is 79.9. The van der Waals surface area contributed by atoms with E-state index in [1.54, 1.807) is 25.2 Å². The predicted octanol–water partition coefficient (Wildman–Crippen LogP) is 2.45. The van der Waals surface area contributed by atoms with E-state index in [0.29, 0.717) is 5.69 Å². The summed E-state index contributed by atoms with van der Waals surface area (Å²) in [5.74, 6) is -0.333. The quantitative estimate of drug-likeness (QED) is 0.855. The molecule has 21 heavy (non-hydrogen) atoms. The molecule has 0 aliphatic heterocycles. The summed E-state index contributed by atoms with van der Waals surface area (Å²) in [7, 11) is -2.05. The van der Waals surface area contributed by atoms with Gasteiger partial charge in [0.05, 0.1) is 10.3 Å². The lowest BCUT2D eigenvalue weighted by Crippen LogP contribution is -2.37. The van der Waals surface area contributed by atoms with Crippen LogP contribution in [0, 0.1) is 0 Å². The number of carbonyl (C=O) groups excluding carboxylic acids is 1. The molecule has 1 aromatic carbocycles. The van der Waals surface area contributed by atoms with Gasteiger partial charge in [0.1, 0.15) is 4.21 Å². The monoisotopic (exact) mass is 388 g/mol. The minimum absolute atomic E-state index is 0.171. The molecule has 0 unspecified atom stereocenters. The first-order valence-electron chi connectivity index (χ1n) is 5.97. The second kappa shape index (κ2) is 6.69. The molecule has 8 heteroatoms. The molecule has 0 aliphatic carbocycles. The largest absolute Gasteiger partial charge is 0.314 e. The van der Waals surface area contributed by atoms with E-state index in [0.717, 1.165) is 15.1 Å². The highest BCUT2D eigenvalue weighted by molar-refractivity contribution is 9.11. The van der Waals surface area contributed by atoms with Gasteiger partial charge in [0.25, 0.3) is 10.0 Å². The number of sulfonamides is 1. The molecule has 2 aromatic rings. The van der Waals surface area contributed by atoms with Gasteiger partial charge in [0, 0.05) is 12.7 Å². The second-order valence-corrected chi connectivity index (χ2v) is 8.63. The van der Waals surface area contributed by atoms with Crippen molar-refractivity contribution in [3.05, 3.63) is 46.3 Å². The number of amides is 1. The number of benzene rings is 1. The average Bonchev–Trinajstić information content (AvgIpc) is 2.92. The summed E-state index contributed by atoms with van der Waals surface area (Å²) >= 11 is 4.30. The molecule has 1 heterocycles. The van der Waals surface area contributed by atoms with Gasteiger partial charge < -0.3 is 4.90 Å². The highest BCUT2D eigenvalue weighted by Crippen LogP contribution is 2.25. The van der Waals surface area contributed by atoms with Crippen molar-refractivity contribution in [3.63, 3.8) is 0 Å². The summed E-state index contributed by atoms with van der Waals surface area (Å²) in [4.78, 5) is 13.4. The summed E-state index contributed by atoms with van der Waals surface area (Å²) in [6, 6.07) is 12.2. The van der Waals surface area contributed by atoms with Gasteiger partial charge in [0.15, 0.2) is 0 Å². The van der Waals surface area contributed by atoms with Gasteiger partial charge in [0.2, 0.25) is 5.91 Å². The maximum absolute atomic E-state index is 12.0. The number of para-hydroxylation sites is 1. The molecular formula is C13H13BrN2O3S2. The van der Waals surface area contributed by atoms with Crippen molar-refractivity contribution in [2.45, 2.75) is 4.21 Å². The van der Waals surface area contributed by atoms with Crippen molar-refractivity contribution >= 4 is 48.9 Å². The van der Waals surface area contributed by atoms with Crippen molar-refractivity contribution < 1.29 is 13.2 Å². The predicted molar refractivity (Wildman–Crippen MR) is 87.1 cm³/mol. The fourth-order valence-electron chi connectivity index (χ4n) is 1.58. The molecular weight excluding hydrogens is 376 g/mol. The van der Waals surface area contributed by atoms with Crippen LogP contribution < -0.4 is 9.62 Å². The summed E-state index contributed by atoms with van der Waals surface area (Å²) < 4.78 is 27.2. The average molecular weight is 389 g/mol. The Morgan fingerprint density at radius 1 is 1.24 bits per heavy atom. The first kappa shape index (κ1) is 16.2. The van der Waals surface area contributed by atoms with Gasteiger partial charge in [-0.1, -0.05) is 18.2 Å². The van der Waals surface area contributed by atoms with Crippen LogP contribution in [0.4, 0.5) is 5.69 Å². The number of likely N-dealkylation sites (N-methyl/N-ethyl adjacent to an activating group) is 1. The van der Waals surface area contributed by atoms with Gasteiger partial charge >= 0.3 is 0 Å². The van der Waals surface area contributed by atoms with Crippen LogP contribution in [0.1, 0.15) is 0 Å². The molecule has 0 aliphatic rings. The van der Waals surface area contributed by atoms with Crippen LogP contribution in [0.15, 0.2) is 50.5 Å². The Labute approximate surface area is 135 Å². The Hall–Kier alpha value is -1.22. The maximum atomic E-state index is 12.0. The summed E-state index contributed by atoms with van der Waals surface area (Å²) in [6.45, 7) is -0.288. The molecule has 1 amide bonds. The molecule has 0 radical (unpaired) electrons. The lowest BCUT2D eigenvalue weighted by Gasteiger charge is -2.17. The number of hydrogen-bond acceptors (Lipinski definition) is 4. The summed E-state index contributed by atoms with van der Waals surface area (Å²) in [5.41, 5.74) is 0.709. The molecule has 0 atom stereocenters. The van der Waals surface area contributed by atoms with Crippen LogP contribution in [0.3, 0.4) is 0 Å². The van der Waals surface area contributed by atoms with Crippen molar-refractivity contribution in [3.8, 4) is 0 Å². The van der Waals surface area contributed by atoms with Crippen molar-refractivity contribution in [1.82, 2.24) is 4.72 Å². The Kier molecular flexibility index (Phi) is 5.15. The van der Waals surface area contributed by atoms with Crippen molar-refractivity contribution in [2.75, 3.05) is 18.5 Å². The van der Waals surface area contributed by atoms with Crippen LogP contribution in [0.5, 0.6) is 0 Å². The maximum Gasteiger partial charge on any atom is 0.250 e. The molecule has 0 spiro atoms. The van der Waals surface area contributed by atoms with Crippen LogP contribution in [0.2, 0.25) is 0 Å². The van der Waals surface area contributed by atoms with Crippen LogP contribution in [0.25, 0.3) is 0 Å². The number of nitrogens with one attached hydrogen (secondary N) is 1. The molecule has 112 valence electrons. The molecule has 0 saturated heterocycles. The standard InChI is InChI=1S/C13H13BrN2O3S2/c1-16(10-5-3-2-4-6-10)12(17)9-15-21(18,19)13-8-7-11(14)20-13/h2-8,15H,9H2,1H3. The molecule has 2 rings (SSSR count). The van der Waals surface area contributed by atoms with E-state index in [4.69, 9.17) is 0 Å². The van der Waals surface area contributed by atoms with E-state index < -0.39 is 10.0 Å². The molecule has 5 nitrogen and oxygen atoms in total. The van der Waals surface area contributed by atoms with E-state index in [1.807, 2.05) is 18.2 Å². The van der Waals surface area contributed by atoms with Crippen molar-refractivity contribution in [2.24, 2.45) is 0 Å². The molecule has 1 N–H and O–H groups in total. The second-order valence-electron chi connectivity index (χ2n) is 4.17. The topological polar surface area (TPSA) is 66.5 Å². The number of carbonyl (C=O) groups is 1. The fourth-order valence-corrected chi connectivity index (χ4v) is 4.61. The third-order valence-electron chi connectivity index (χ3n) is 2.74. The zero-order valence-corrected chi connectivity index (χ0v) is 14.3. The fraction of sp³-hybridized carbons (Fsp3) is 0.154. The van der Waals surface area contributed by atoms with E-state index >= 15 is 0 Å². The van der Waals surface area contributed by atoms with Crippen LogP contribution in [-0.2, 0) is 14.8 Å². The lowest BCUT2D eigenvalue weighted by molar-refractivity contribution is -0.117.